The van der Waals surface area contributed by atoms with Gasteiger partial charge in [-0.2, -0.15) is 0 Å². The van der Waals surface area contributed by atoms with Crippen molar-refractivity contribution in [2.24, 2.45) is 7.05 Å². The fourth-order valence-electron chi connectivity index (χ4n) is 4.48. The van der Waals surface area contributed by atoms with Crippen molar-refractivity contribution in [2.75, 3.05) is 36.5 Å². The van der Waals surface area contributed by atoms with Crippen LogP contribution in [0.15, 0.2) is 40.2 Å². The molecule has 0 bridgehead atoms. The molecule has 2 aliphatic rings. The van der Waals surface area contributed by atoms with E-state index in [0.29, 0.717) is 19.0 Å². The van der Waals surface area contributed by atoms with Crippen LogP contribution in [0, 0.1) is 0 Å². The van der Waals surface area contributed by atoms with E-state index in [1.165, 1.54) is 13.1 Å². The molecule has 0 unspecified atom stereocenters. The highest BCUT2D eigenvalue weighted by atomic mass is 16.5. The summed E-state index contributed by atoms with van der Waals surface area (Å²) in [6, 6.07) is 5.72. The second-order valence-electron chi connectivity index (χ2n) is 8.59. The predicted octanol–water partition coefficient (Wildman–Crippen LogP) is 1.66. The van der Waals surface area contributed by atoms with Gasteiger partial charge in [0, 0.05) is 56.4 Å². The Hall–Kier alpha value is -3.40. The molecule has 5 rings (SSSR count). The number of hydrogen-bond donors (Lipinski definition) is 2. The third-order valence-corrected chi connectivity index (χ3v) is 6.37. The van der Waals surface area contributed by atoms with Crippen LogP contribution < -0.4 is 26.2 Å². The molecule has 0 radical (unpaired) electrons. The Bertz CT molecular complexity index is 1210. The summed E-state index contributed by atoms with van der Waals surface area (Å²) in [5.74, 6) is 1.22. The number of ether oxygens (including phenoxy) is 2. The molecule has 3 aromatic rings. The lowest BCUT2D eigenvalue weighted by Gasteiger charge is -2.31. The number of benzene rings is 1. The average Bonchev–Trinajstić information content (AvgIpc) is 2.84. The summed E-state index contributed by atoms with van der Waals surface area (Å²) in [4.78, 5) is 37.7. The van der Waals surface area contributed by atoms with Crippen molar-refractivity contribution in [1.29, 1.82) is 0 Å². The molecule has 1 aliphatic heterocycles. The Balaban J connectivity index is 1.28. The van der Waals surface area contributed by atoms with Crippen molar-refractivity contribution < 1.29 is 9.47 Å². The van der Waals surface area contributed by atoms with E-state index in [1.807, 2.05) is 0 Å². The van der Waals surface area contributed by atoms with Gasteiger partial charge in [0.05, 0.1) is 24.8 Å². The molecule has 0 spiro atoms. The second-order valence-corrected chi connectivity index (χ2v) is 8.59. The van der Waals surface area contributed by atoms with E-state index in [4.69, 9.17) is 9.47 Å². The first-order chi connectivity index (χ1) is 16.1. The highest BCUT2D eigenvalue weighted by Gasteiger charge is 2.24. The molecule has 33 heavy (non-hydrogen) atoms. The van der Waals surface area contributed by atoms with Crippen LogP contribution in [0.2, 0.25) is 0 Å². The summed E-state index contributed by atoms with van der Waals surface area (Å²) in [5, 5.41) is 3.29. The molecule has 10 nitrogen and oxygen atoms in total. The molecule has 174 valence electrons. The van der Waals surface area contributed by atoms with Crippen molar-refractivity contribution in [3.05, 3.63) is 51.4 Å². The lowest BCUT2D eigenvalue weighted by molar-refractivity contribution is 0.122. The summed E-state index contributed by atoms with van der Waals surface area (Å²) in [6.45, 7) is 3.11. The average molecular weight is 453 g/mol. The van der Waals surface area contributed by atoms with E-state index in [9.17, 15) is 9.59 Å². The van der Waals surface area contributed by atoms with Gasteiger partial charge in [-0.05, 0) is 31.7 Å². The largest absolute Gasteiger partial charge is 0.488 e. The maximum absolute atomic E-state index is 11.9. The number of anilines is 2. The Morgan fingerprint density at radius 3 is 2.58 bits per heavy atom. The van der Waals surface area contributed by atoms with Gasteiger partial charge in [0.15, 0.2) is 0 Å². The molecular formula is C23H28N6O4. The number of H-pyrrole nitrogens is 1. The maximum atomic E-state index is 11.9. The van der Waals surface area contributed by atoms with Gasteiger partial charge in [-0.1, -0.05) is 0 Å². The zero-order chi connectivity index (χ0) is 22.8. The van der Waals surface area contributed by atoms with Gasteiger partial charge in [-0.3, -0.25) is 19.3 Å². The normalized spacial score (nSPS) is 21.2. The number of nitrogens with one attached hydrogen (secondary N) is 2. The van der Waals surface area contributed by atoms with Gasteiger partial charge in [-0.15, -0.1) is 0 Å². The minimum absolute atomic E-state index is 0.0656. The third kappa shape index (κ3) is 4.70. The van der Waals surface area contributed by atoms with Gasteiger partial charge in [0.1, 0.15) is 17.1 Å². The Labute approximate surface area is 190 Å². The van der Waals surface area contributed by atoms with Crippen molar-refractivity contribution in [2.45, 2.75) is 37.8 Å². The van der Waals surface area contributed by atoms with Gasteiger partial charge >= 0.3 is 5.69 Å². The SMILES string of the molecule is Cn1c(=O)cc(N[C@H]2CC[C@@H](Oc3cc(N4CCOCC4)cc4nccnc34)CC2)[nH]c1=O. The molecule has 2 aromatic heterocycles. The van der Waals surface area contributed by atoms with E-state index < -0.39 is 5.69 Å². The van der Waals surface area contributed by atoms with Gasteiger partial charge < -0.3 is 19.7 Å². The molecule has 2 N–H and O–H groups in total. The topological polar surface area (TPSA) is 114 Å². The maximum Gasteiger partial charge on any atom is 0.329 e. The predicted molar refractivity (Wildman–Crippen MR) is 125 cm³/mol. The molecule has 1 saturated carbocycles. The van der Waals surface area contributed by atoms with E-state index in [2.05, 4.69) is 37.3 Å². The molecule has 3 heterocycles. The van der Waals surface area contributed by atoms with E-state index in [0.717, 1.165) is 65.8 Å². The van der Waals surface area contributed by atoms with Gasteiger partial charge in [0.25, 0.3) is 5.56 Å². The third-order valence-electron chi connectivity index (χ3n) is 6.37. The number of rotatable bonds is 5. The first kappa shape index (κ1) is 21.4. The van der Waals surface area contributed by atoms with Crippen LogP contribution >= 0.6 is 0 Å². The summed E-state index contributed by atoms with van der Waals surface area (Å²) in [7, 11) is 1.45. The Kier molecular flexibility index (Phi) is 5.99. The number of aromatic nitrogens is 4. The molecule has 1 aliphatic carbocycles. The molecule has 1 aromatic carbocycles. The molecular weight excluding hydrogens is 424 g/mol. The van der Waals surface area contributed by atoms with Crippen molar-refractivity contribution in [3.8, 4) is 5.75 Å². The van der Waals surface area contributed by atoms with E-state index >= 15 is 0 Å². The monoisotopic (exact) mass is 452 g/mol. The van der Waals surface area contributed by atoms with Crippen LogP contribution in [0.5, 0.6) is 5.75 Å². The van der Waals surface area contributed by atoms with Crippen LogP contribution in [0.3, 0.4) is 0 Å². The zero-order valence-electron chi connectivity index (χ0n) is 18.6. The lowest BCUT2D eigenvalue weighted by atomic mass is 9.93. The second kappa shape index (κ2) is 9.22. The van der Waals surface area contributed by atoms with Gasteiger partial charge in [-0.25, -0.2) is 9.78 Å². The number of nitrogens with zero attached hydrogens (tertiary/aromatic N) is 4. The van der Waals surface area contributed by atoms with Crippen molar-refractivity contribution >= 4 is 22.5 Å². The number of morpholine rings is 1. The van der Waals surface area contributed by atoms with E-state index in [-0.39, 0.29) is 17.7 Å². The molecule has 0 amide bonds. The molecule has 0 atom stereocenters. The fraction of sp³-hybridized carbons (Fsp3) is 0.478. The quantitative estimate of drug-likeness (QED) is 0.601. The number of hydrogen-bond acceptors (Lipinski definition) is 8. The zero-order valence-corrected chi connectivity index (χ0v) is 18.6. The van der Waals surface area contributed by atoms with Crippen LogP contribution in [0.25, 0.3) is 11.0 Å². The van der Waals surface area contributed by atoms with Crippen LogP contribution in [0.1, 0.15) is 25.7 Å². The highest BCUT2D eigenvalue weighted by molar-refractivity contribution is 5.85. The summed E-state index contributed by atoms with van der Waals surface area (Å²) in [6.07, 6.45) is 6.91. The molecule has 10 heteroatoms. The van der Waals surface area contributed by atoms with E-state index in [1.54, 1.807) is 12.4 Å². The van der Waals surface area contributed by atoms with Crippen LogP contribution in [-0.4, -0.2) is 58.0 Å². The Morgan fingerprint density at radius 1 is 1.06 bits per heavy atom. The Morgan fingerprint density at radius 2 is 1.82 bits per heavy atom. The number of aromatic amines is 1. The highest BCUT2D eigenvalue weighted by Crippen LogP contribution is 2.33. The molecule has 1 saturated heterocycles. The van der Waals surface area contributed by atoms with Crippen molar-refractivity contribution in [3.63, 3.8) is 0 Å². The molecule has 2 fully saturated rings. The standard InChI is InChI=1S/C23H28N6O4/c1-28-21(30)14-20(27-23(28)31)26-15-2-4-17(5-3-15)33-19-13-16(29-8-10-32-11-9-29)12-18-22(19)25-7-6-24-18/h6-7,12-15,17,26H,2-5,8-11H2,1H3,(H,27,31)/t15-,17+. The first-order valence-electron chi connectivity index (χ1n) is 11.4. The van der Waals surface area contributed by atoms with Crippen molar-refractivity contribution in [1.82, 2.24) is 19.5 Å². The summed E-state index contributed by atoms with van der Waals surface area (Å²) >= 11 is 0. The summed E-state index contributed by atoms with van der Waals surface area (Å²) < 4.78 is 13.0. The number of fused-ring (bicyclic) bond motifs is 1. The lowest BCUT2D eigenvalue weighted by Crippen LogP contribution is -2.36. The first-order valence-corrected chi connectivity index (χ1v) is 11.4. The smallest absolute Gasteiger partial charge is 0.329 e. The fourth-order valence-corrected chi connectivity index (χ4v) is 4.48. The van der Waals surface area contributed by atoms with Gasteiger partial charge in [0.2, 0.25) is 0 Å². The van der Waals surface area contributed by atoms with Crippen LogP contribution in [0.4, 0.5) is 11.5 Å². The summed E-state index contributed by atoms with van der Waals surface area (Å²) in [5.41, 5.74) is 1.92. The van der Waals surface area contributed by atoms with Crippen LogP contribution in [-0.2, 0) is 11.8 Å². The minimum atomic E-state index is -0.421. The minimum Gasteiger partial charge on any atom is -0.488 e.